The molecule has 5 rings (SSSR count). The lowest BCUT2D eigenvalue weighted by Crippen LogP contribution is -2.52. The number of piperidine rings is 1. The molecule has 0 radical (unpaired) electrons. The predicted octanol–water partition coefficient (Wildman–Crippen LogP) is -0.223. The Labute approximate surface area is 183 Å². The van der Waals surface area contributed by atoms with Gasteiger partial charge < -0.3 is 14.5 Å². The molecule has 0 spiro atoms. The van der Waals surface area contributed by atoms with Gasteiger partial charge in [-0.2, -0.15) is 0 Å². The van der Waals surface area contributed by atoms with E-state index in [0.717, 1.165) is 5.56 Å². The van der Waals surface area contributed by atoms with Gasteiger partial charge in [-0.1, -0.05) is 11.3 Å². The Bertz CT molecular complexity index is 1110. The maximum Gasteiger partial charge on any atom is 0.255 e. The molecule has 3 aliphatic rings. The number of ether oxygens (including phenoxy) is 1. The van der Waals surface area contributed by atoms with Gasteiger partial charge in [-0.3, -0.25) is 24.5 Å². The van der Waals surface area contributed by atoms with E-state index in [2.05, 4.69) is 15.6 Å². The first-order valence-electron chi connectivity index (χ1n) is 10.5. The van der Waals surface area contributed by atoms with E-state index < -0.39 is 11.9 Å². The fourth-order valence-electron chi connectivity index (χ4n) is 4.26. The maximum absolute atomic E-state index is 13.0. The van der Waals surface area contributed by atoms with Crippen molar-refractivity contribution in [1.29, 1.82) is 0 Å². The summed E-state index contributed by atoms with van der Waals surface area (Å²) < 4.78 is 6.91. The number of nitrogens with one attached hydrogen (secondary N) is 1. The zero-order valence-electron chi connectivity index (χ0n) is 17.3. The zero-order valence-corrected chi connectivity index (χ0v) is 17.3. The van der Waals surface area contributed by atoms with Crippen molar-refractivity contribution in [2.24, 2.45) is 0 Å². The van der Waals surface area contributed by atoms with Gasteiger partial charge in [0, 0.05) is 25.1 Å². The van der Waals surface area contributed by atoms with Gasteiger partial charge in [0.15, 0.2) is 0 Å². The number of hydrogen-bond acceptors (Lipinski definition) is 7. The second kappa shape index (κ2) is 8.15. The summed E-state index contributed by atoms with van der Waals surface area (Å²) in [6, 6.07) is 4.76. The summed E-state index contributed by atoms with van der Waals surface area (Å²) in [6.45, 7) is 2.10. The first-order chi connectivity index (χ1) is 15.5. The molecule has 2 aromatic rings. The van der Waals surface area contributed by atoms with Crippen molar-refractivity contribution in [3.63, 3.8) is 0 Å². The van der Waals surface area contributed by atoms with Crippen LogP contribution in [0.15, 0.2) is 24.4 Å². The van der Waals surface area contributed by atoms with Crippen molar-refractivity contribution >= 4 is 23.6 Å². The molecule has 0 aliphatic carbocycles. The van der Waals surface area contributed by atoms with Crippen LogP contribution in [0.1, 0.15) is 40.9 Å². The third kappa shape index (κ3) is 3.75. The largest absolute Gasteiger partial charge is 0.379 e. The number of nitrogens with zero attached hydrogens (tertiary/aromatic N) is 5. The van der Waals surface area contributed by atoms with Crippen LogP contribution in [0.4, 0.5) is 0 Å². The fourth-order valence-corrected chi connectivity index (χ4v) is 4.26. The summed E-state index contributed by atoms with van der Waals surface area (Å²) in [5.41, 5.74) is 2.62. The Balaban J connectivity index is 1.32. The maximum atomic E-state index is 13.0. The van der Waals surface area contributed by atoms with Crippen molar-refractivity contribution in [2.75, 3.05) is 19.8 Å². The lowest BCUT2D eigenvalue weighted by Gasteiger charge is -2.29. The molecule has 2 fully saturated rings. The van der Waals surface area contributed by atoms with Crippen LogP contribution in [-0.2, 0) is 32.2 Å². The van der Waals surface area contributed by atoms with Crippen molar-refractivity contribution in [3.05, 3.63) is 41.2 Å². The molecule has 4 amide bonds. The number of carbonyl (C=O) groups excluding carboxylic acids is 4. The molecule has 1 unspecified atom stereocenters. The first-order valence-corrected chi connectivity index (χ1v) is 10.5. The van der Waals surface area contributed by atoms with Crippen LogP contribution in [-0.4, -0.2) is 74.2 Å². The topological polar surface area (TPSA) is 127 Å². The number of rotatable bonds is 4. The quantitative estimate of drug-likeness (QED) is 0.654. The molecule has 1 atom stereocenters. The fraction of sp³-hybridized carbons (Fsp3) is 0.429. The van der Waals surface area contributed by atoms with Gasteiger partial charge in [0.25, 0.3) is 5.91 Å². The SMILES string of the molecule is O=C1CCC(N2Cc3ccc(-n4cc(CN5CCOCCC5=O)nn4)cc3C2=O)C(=O)N1. The lowest BCUT2D eigenvalue weighted by molar-refractivity contribution is -0.137. The number of fused-ring (bicyclic) bond motifs is 1. The Hall–Kier alpha value is -3.60. The standard InChI is InChI=1S/C21H22N6O5/c28-18-4-3-17(20(30)22-18)26-10-13-1-2-15(9-16(13)21(26)31)27-12-14(23-24-27)11-25-6-8-32-7-5-19(25)29/h1-2,9,12,17H,3-8,10-11H2,(H,22,28,30). The number of imide groups is 1. The van der Waals surface area contributed by atoms with E-state index in [-0.39, 0.29) is 24.1 Å². The summed E-state index contributed by atoms with van der Waals surface area (Å²) in [5, 5.41) is 10.6. The second-order valence-electron chi connectivity index (χ2n) is 8.07. The third-order valence-corrected chi connectivity index (χ3v) is 5.99. The smallest absolute Gasteiger partial charge is 0.255 e. The van der Waals surface area contributed by atoms with E-state index in [1.165, 1.54) is 4.90 Å². The molecule has 1 N–H and O–H groups in total. The minimum absolute atomic E-state index is 0.0220. The summed E-state index contributed by atoms with van der Waals surface area (Å²) >= 11 is 0. The van der Waals surface area contributed by atoms with Crippen LogP contribution in [0.2, 0.25) is 0 Å². The highest BCUT2D eigenvalue weighted by molar-refractivity contribution is 6.05. The van der Waals surface area contributed by atoms with Gasteiger partial charge in [-0.25, -0.2) is 4.68 Å². The van der Waals surface area contributed by atoms with Crippen LogP contribution >= 0.6 is 0 Å². The van der Waals surface area contributed by atoms with Crippen LogP contribution in [0.5, 0.6) is 0 Å². The predicted molar refractivity (Wildman–Crippen MR) is 108 cm³/mol. The molecule has 32 heavy (non-hydrogen) atoms. The van der Waals surface area contributed by atoms with Gasteiger partial charge >= 0.3 is 0 Å². The zero-order chi connectivity index (χ0) is 22.2. The lowest BCUT2D eigenvalue weighted by atomic mass is 10.0. The van der Waals surface area contributed by atoms with Crippen molar-refractivity contribution in [3.8, 4) is 5.69 Å². The van der Waals surface area contributed by atoms with Crippen LogP contribution in [0, 0.1) is 0 Å². The van der Waals surface area contributed by atoms with Gasteiger partial charge in [0.05, 0.1) is 38.1 Å². The second-order valence-corrected chi connectivity index (χ2v) is 8.07. The molecular weight excluding hydrogens is 416 g/mol. The molecule has 4 heterocycles. The average Bonchev–Trinajstić information content (AvgIpc) is 3.30. The Morgan fingerprint density at radius 2 is 2.00 bits per heavy atom. The monoisotopic (exact) mass is 438 g/mol. The minimum Gasteiger partial charge on any atom is -0.379 e. The van der Waals surface area contributed by atoms with Crippen molar-refractivity contribution in [1.82, 2.24) is 30.1 Å². The summed E-state index contributed by atoms with van der Waals surface area (Å²) in [7, 11) is 0. The van der Waals surface area contributed by atoms with Gasteiger partial charge in [0.1, 0.15) is 11.7 Å². The minimum atomic E-state index is -0.649. The summed E-state index contributed by atoms with van der Waals surface area (Å²) in [6.07, 6.45) is 2.63. The number of benzene rings is 1. The normalized spacial score (nSPS) is 21.6. The number of carbonyl (C=O) groups is 4. The highest BCUT2D eigenvalue weighted by Gasteiger charge is 2.39. The van der Waals surface area contributed by atoms with Gasteiger partial charge in [-0.05, 0) is 24.1 Å². The number of aromatic nitrogens is 3. The molecule has 1 aromatic heterocycles. The molecule has 11 heteroatoms. The highest BCUT2D eigenvalue weighted by atomic mass is 16.5. The molecule has 3 aliphatic heterocycles. The van der Waals surface area contributed by atoms with E-state index in [1.54, 1.807) is 21.8 Å². The Morgan fingerprint density at radius 1 is 1.12 bits per heavy atom. The van der Waals surface area contributed by atoms with Crippen molar-refractivity contribution in [2.45, 2.75) is 38.4 Å². The van der Waals surface area contributed by atoms with E-state index in [4.69, 9.17) is 4.74 Å². The van der Waals surface area contributed by atoms with Crippen molar-refractivity contribution < 1.29 is 23.9 Å². The first kappa shape index (κ1) is 20.3. The van der Waals surface area contributed by atoms with Crippen LogP contribution < -0.4 is 5.32 Å². The Kier molecular flexibility index (Phi) is 5.17. The van der Waals surface area contributed by atoms with E-state index in [0.29, 0.717) is 62.6 Å². The number of hydrogen-bond donors (Lipinski definition) is 1. The molecule has 2 saturated heterocycles. The molecule has 1 aromatic carbocycles. The van der Waals surface area contributed by atoms with E-state index in [9.17, 15) is 19.2 Å². The highest BCUT2D eigenvalue weighted by Crippen LogP contribution is 2.29. The van der Waals surface area contributed by atoms with Crippen LogP contribution in [0.25, 0.3) is 5.69 Å². The van der Waals surface area contributed by atoms with Gasteiger partial charge in [-0.15, -0.1) is 5.10 Å². The molecule has 0 saturated carbocycles. The number of amides is 4. The van der Waals surface area contributed by atoms with Gasteiger partial charge in [0.2, 0.25) is 17.7 Å². The molecule has 0 bridgehead atoms. The average molecular weight is 438 g/mol. The molecular formula is C21H22N6O5. The molecule has 166 valence electrons. The van der Waals surface area contributed by atoms with Crippen LogP contribution in [0.3, 0.4) is 0 Å². The van der Waals surface area contributed by atoms with E-state index >= 15 is 0 Å². The third-order valence-electron chi connectivity index (χ3n) is 5.99. The molecule has 11 nitrogen and oxygen atoms in total. The summed E-state index contributed by atoms with van der Waals surface area (Å²) in [4.78, 5) is 52.0. The summed E-state index contributed by atoms with van der Waals surface area (Å²) in [5.74, 6) is -0.966. The van der Waals surface area contributed by atoms with E-state index in [1.807, 2.05) is 12.1 Å². The Morgan fingerprint density at radius 3 is 2.84 bits per heavy atom.